The lowest BCUT2D eigenvalue weighted by Gasteiger charge is -2.22. The van der Waals surface area contributed by atoms with Crippen molar-refractivity contribution >= 4 is 29.5 Å². The fourth-order valence-corrected chi connectivity index (χ4v) is 2.96. The summed E-state index contributed by atoms with van der Waals surface area (Å²) in [7, 11) is 0. The Kier molecular flexibility index (Phi) is 2.30. The number of carbonyl (C=O) groups is 2. The predicted octanol–water partition coefficient (Wildman–Crippen LogP) is 0.582. The molecule has 2 aliphatic rings. The Hall–Kier alpha value is -1.30. The average molecular weight is 226 g/mol. The van der Waals surface area contributed by atoms with Crippen LogP contribution in [0.25, 0.3) is 0 Å². The van der Waals surface area contributed by atoms with E-state index in [2.05, 4.69) is 10.3 Å². The third-order valence-electron chi connectivity index (χ3n) is 2.59. The van der Waals surface area contributed by atoms with Gasteiger partial charge in [0.2, 0.25) is 11.7 Å². The highest BCUT2D eigenvalue weighted by Gasteiger charge is 2.41. The van der Waals surface area contributed by atoms with E-state index in [1.165, 1.54) is 11.8 Å². The largest absolute Gasteiger partial charge is 0.475 e. The first-order valence-corrected chi connectivity index (χ1v) is 5.34. The number of hydrogen-bond donors (Lipinski definition) is 2. The van der Waals surface area contributed by atoms with E-state index in [4.69, 9.17) is 5.11 Å². The van der Waals surface area contributed by atoms with Gasteiger partial charge < -0.3 is 10.4 Å². The molecule has 0 saturated carbocycles. The van der Waals surface area contributed by atoms with Crippen LogP contribution in [0.1, 0.15) is 13.8 Å². The smallest absolute Gasteiger partial charge is 0.371 e. The topological polar surface area (TPSA) is 78.8 Å². The number of amides is 1. The molecule has 0 aromatic rings. The number of carboxylic acid groups (broad SMARTS) is 1. The Balaban J connectivity index is 2.35. The molecule has 0 spiro atoms. The zero-order valence-corrected chi connectivity index (χ0v) is 9.09. The standard InChI is InChI=1S/C9H10N2O3S/c1-3-4(2)15-8-5(3)7(12)10-6(11-8)9(13)14/h5,8H,1-2H3,(H,13,14)(H,10,11,12). The minimum atomic E-state index is -1.19. The molecule has 15 heavy (non-hydrogen) atoms. The monoisotopic (exact) mass is 226 g/mol. The first-order chi connectivity index (χ1) is 7.00. The van der Waals surface area contributed by atoms with Crippen LogP contribution in [0.4, 0.5) is 0 Å². The highest BCUT2D eigenvalue weighted by molar-refractivity contribution is 8.04. The van der Waals surface area contributed by atoms with Gasteiger partial charge in [-0.1, -0.05) is 0 Å². The lowest BCUT2D eigenvalue weighted by Crippen LogP contribution is -2.47. The molecule has 6 heteroatoms. The molecule has 2 aliphatic heterocycles. The number of rotatable bonds is 1. The molecule has 0 saturated heterocycles. The third-order valence-corrected chi connectivity index (χ3v) is 3.88. The Bertz CT molecular complexity index is 414. The van der Waals surface area contributed by atoms with Gasteiger partial charge in [-0.05, 0) is 24.3 Å². The molecule has 80 valence electrons. The van der Waals surface area contributed by atoms with Gasteiger partial charge in [-0.2, -0.15) is 0 Å². The zero-order valence-electron chi connectivity index (χ0n) is 8.27. The summed E-state index contributed by atoms with van der Waals surface area (Å²) in [6.45, 7) is 3.80. The second-order valence-corrected chi connectivity index (χ2v) is 4.83. The Morgan fingerprint density at radius 1 is 1.53 bits per heavy atom. The summed E-state index contributed by atoms with van der Waals surface area (Å²) >= 11 is 1.45. The minimum Gasteiger partial charge on any atom is -0.475 e. The zero-order chi connectivity index (χ0) is 11.2. The highest BCUT2D eigenvalue weighted by atomic mass is 32.2. The van der Waals surface area contributed by atoms with Crippen molar-refractivity contribution in [3.8, 4) is 0 Å². The summed E-state index contributed by atoms with van der Waals surface area (Å²) in [5, 5.41) is 10.7. The van der Waals surface area contributed by atoms with Crippen LogP contribution in [0.15, 0.2) is 15.5 Å². The normalized spacial score (nSPS) is 29.7. The van der Waals surface area contributed by atoms with Gasteiger partial charge in [-0.15, -0.1) is 11.8 Å². The van der Waals surface area contributed by atoms with Crippen molar-refractivity contribution in [3.05, 3.63) is 10.5 Å². The van der Waals surface area contributed by atoms with Crippen LogP contribution >= 0.6 is 11.8 Å². The average Bonchev–Trinajstić information content (AvgIpc) is 2.42. The number of carboxylic acids is 1. The van der Waals surface area contributed by atoms with E-state index in [9.17, 15) is 9.59 Å². The van der Waals surface area contributed by atoms with Gasteiger partial charge in [0.25, 0.3) is 0 Å². The Labute approximate surface area is 90.6 Å². The fourth-order valence-electron chi connectivity index (χ4n) is 1.66. The van der Waals surface area contributed by atoms with Crippen molar-refractivity contribution in [2.75, 3.05) is 0 Å². The first-order valence-electron chi connectivity index (χ1n) is 4.46. The number of thioether (sulfide) groups is 1. The van der Waals surface area contributed by atoms with Gasteiger partial charge >= 0.3 is 5.97 Å². The SMILES string of the molecule is CC1=C(C)C2C(=O)NC(C(=O)O)=NC2S1. The third kappa shape index (κ3) is 1.54. The molecule has 2 unspecified atom stereocenters. The number of aliphatic imine (C=N–C) groups is 1. The fraction of sp³-hybridized carbons (Fsp3) is 0.444. The van der Waals surface area contributed by atoms with Gasteiger partial charge in [-0.3, -0.25) is 4.79 Å². The van der Waals surface area contributed by atoms with Crippen LogP contribution in [0, 0.1) is 5.92 Å². The molecular formula is C9H10N2O3S. The number of amidine groups is 1. The number of hydrogen-bond acceptors (Lipinski definition) is 4. The molecule has 2 heterocycles. The van der Waals surface area contributed by atoms with E-state index >= 15 is 0 Å². The Morgan fingerprint density at radius 3 is 2.80 bits per heavy atom. The van der Waals surface area contributed by atoms with E-state index in [1.807, 2.05) is 13.8 Å². The van der Waals surface area contributed by atoms with Crippen molar-refractivity contribution in [2.45, 2.75) is 19.2 Å². The Morgan fingerprint density at radius 2 is 2.20 bits per heavy atom. The quantitative estimate of drug-likeness (QED) is 0.685. The molecule has 2 atom stereocenters. The molecule has 0 aromatic heterocycles. The van der Waals surface area contributed by atoms with Gasteiger partial charge in [0, 0.05) is 0 Å². The molecule has 0 fully saturated rings. The highest BCUT2D eigenvalue weighted by Crippen LogP contribution is 2.43. The van der Waals surface area contributed by atoms with Crippen LogP contribution in [0.2, 0.25) is 0 Å². The van der Waals surface area contributed by atoms with Gasteiger partial charge in [0.05, 0.1) is 5.92 Å². The minimum absolute atomic E-state index is 0.253. The number of allylic oxidation sites excluding steroid dienone is 1. The van der Waals surface area contributed by atoms with E-state index in [0.717, 1.165) is 10.5 Å². The molecule has 1 amide bonds. The maximum Gasteiger partial charge on any atom is 0.371 e. The molecule has 5 nitrogen and oxygen atoms in total. The van der Waals surface area contributed by atoms with Crippen molar-refractivity contribution in [1.82, 2.24) is 5.32 Å². The van der Waals surface area contributed by atoms with Crippen LogP contribution in [0.3, 0.4) is 0 Å². The van der Waals surface area contributed by atoms with Gasteiger partial charge in [0.15, 0.2) is 0 Å². The number of nitrogens with zero attached hydrogens (tertiary/aromatic N) is 1. The summed E-state index contributed by atoms with van der Waals surface area (Å²) in [6.07, 6.45) is 0. The molecule has 0 bridgehead atoms. The van der Waals surface area contributed by atoms with Crippen molar-refractivity contribution in [2.24, 2.45) is 10.9 Å². The lowest BCUT2D eigenvalue weighted by atomic mass is 9.98. The molecule has 0 aromatic carbocycles. The van der Waals surface area contributed by atoms with Crippen LogP contribution < -0.4 is 5.32 Å². The van der Waals surface area contributed by atoms with Crippen molar-refractivity contribution in [3.63, 3.8) is 0 Å². The number of fused-ring (bicyclic) bond motifs is 1. The summed E-state index contributed by atoms with van der Waals surface area (Å²) < 4.78 is 0. The van der Waals surface area contributed by atoms with Crippen LogP contribution in [0.5, 0.6) is 0 Å². The number of carbonyl (C=O) groups excluding carboxylic acids is 1. The van der Waals surface area contributed by atoms with E-state index in [0.29, 0.717) is 0 Å². The van der Waals surface area contributed by atoms with E-state index in [1.54, 1.807) is 0 Å². The second-order valence-electron chi connectivity index (χ2n) is 3.50. The summed E-state index contributed by atoms with van der Waals surface area (Å²) in [5.41, 5.74) is 0.982. The van der Waals surface area contributed by atoms with Gasteiger partial charge in [-0.25, -0.2) is 9.79 Å². The number of nitrogens with one attached hydrogen (secondary N) is 1. The maximum absolute atomic E-state index is 11.6. The maximum atomic E-state index is 11.6. The lowest BCUT2D eigenvalue weighted by molar-refractivity contribution is -0.131. The number of aliphatic carboxylic acids is 1. The van der Waals surface area contributed by atoms with Crippen LogP contribution in [-0.2, 0) is 9.59 Å². The molecule has 0 radical (unpaired) electrons. The summed E-state index contributed by atoms with van der Waals surface area (Å²) in [4.78, 5) is 27.4. The molecular weight excluding hydrogens is 216 g/mol. The van der Waals surface area contributed by atoms with Crippen molar-refractivity contribution < 1.29 is 14.7 Å². The molecule has 2 rings (SSSR count). The van der Waals surface area contributed by atoms with Gasteiger partial charge in [0.1, 0.15) is 5.37 Å². The molecule has 0 aliphatic carbocycles. The summed E-state index contributed by atoms with van der Waals surface area (Å²) in [6, 6.07) is 0. The second kappa shape index (κ2) is 3.37. The summed E-state index contributed by atoms with van der Waals surface area (Å²) in [5.74, 6) is -2.02. The molecule has 2 N–H and O–H groups in total. The first kappa shape index (κ1) is 10.2. The van der Waals surface area contributed by atoms with E-state index < -0.39 is 5.97 Å². The van der Waals surface area contributed by atoms with Crippen LogP contribution in [-0.4, -0.2) is 28.2 Å². The predicted molar refractivity (Wildman–Crippen MR) is 56.5 cm³/mol. The van der Waals surface area contributed by atoms with Crippen molar-refractivity contribution in [1.29, 1.82) is 0 Å². The van der Waals surface area contributed by atoms with E-state index in [-0.39, 0.29) is 23.0 Å².